The van der Waals surface area contributed by atoms with Gasteiger partial charge in [-0.3, -0.25) is 0 Å². The van der Waals surface area contributed by atoms with Gasteiger partial charge in [-0.2, -0.15) is 0 Å². The summed E-state index contributed by atoms with van der Waals surface area (Å²) in [5.74, 6) is 1.05. The van der Waals surface area contributed by atoms with Gasteiger partial charge in [0.05, 0.1) is 11.2 Å². The summed E-state index contributed by atoms with van der Waals surface area (Å²) in [6, 6.07) is 0. The molecule has 1 fully saturated rings. The standard InChI is InChI=1S/C24H36O2/c25-23(17-9-3-10-18-23)16-8-2-7-15-22(21-13-5-1-6-14-21)24(26)19-11-4-12-20-24/h3-4,9-12,17,19,21-22,25-26H,1-2,5-8,13-16,18,20H2. The van der Waals surface area contributed by atoms with Crippen molar-refractivity contribution in [2.45, 2.75) is 88.3 Å². The van der Waals surface area contributed by atoms with Crippen LogP contribution in [0.25, 0.3) is 0 Å². The van der Waals surface area contributed by atoms with Crippen LogP contribution in [0.1, 0.15) is 77.0 Å². The smallest absolute Gasteiger partial charge is 0.0895 e. The monoisotopic (exact) mass is 356 g/mol. The first-order chi connectivity index (χ1) is 12.6. The molecule has 0 aromatic carbocycles. The molecule has 3 aliphatic carbocycles. The van der Waals surface area contributed by atoms with E-state index in [1.807, 2.05) is 30.4 Å². The number of hydrogen-bond donors (Lipinski definition) is 2. The minimum absolute atomic E-state index is 0.379. The van der Waals surface area contributed by atoms with Crippen molar-refractivity contribution in [2.75, 3.05) is 0 Å². The van der Waals surface area contributed by atoms with Crippen LogP contribution in [-0.4, -0.2) is 21.4 Å². The van der Waals surface area contributed by atoms with E-state index in [2.05, 4.69) is 18.2 Å². The number of allylic oxidation sites excluding steroid dienone is 4. The van der Waals surface area contributed by atoms with Gasteiger partial charge in [0.15, 0.2) is 0 Å². The molecule has 1 saturated carbocycles. The van der Waals surface area contributed by atoms with Gasteiger partial charge in [-0.05, 0) is 37.5 Å². The van der Waals surface area contributed by atoms with Crippen LogP contribution >= 0.6 is 0 Å². The van der Waals surface area contributed by atoms with Gasteiger partial charge in [0.1, 0.15) is 0 Å². The minimum Gasteiger partial charge on any atom is -0.385 e. The molecule has 0 aromatic rings. The predicted molar refractivity (Wildman–Crippen MR) is 109 cm³/mol. The molecule has 0 saturated heterocycles. The zero-order chi connectivity index (χ0) is 18.3. The van der Waals surface area contributed by atoms with Gasteiger partial charge >= 0.3 is 0 Å². The lowest BCUT2D eigenvalue weighted by molar-refractivity contribution is -0.0134. The highest BCUT2D eigenvalue weighted by atomic mass is 16.3. The van der Waals surface area contributed by atoms with Crippen LogP contribution < -0.4 is 0 Å². The molecular weight excluding hydrogens is 320 g/mol. The Hall–Kier alpha value is -1.12. The molecule has 3 rings (SSSR count). The SMILES string of the molecule is OC1(CCCCCC(C2CCCCC2)C2(O)C=CC=CC2)C=CC=CC1. The van der Waals surface area contributed by atoms with Crippen molar-refractivity contribution in [1.82, 2.24) is 0 Å². The first-order valence-electron chi connectivity index (χ1n) is 10.7. The molecule has 0 aromatic heterocycles. The highest BCUT2D eigenvalue weighted by molar-refractivity contribution is 5.20. The number of hydrogen-bond acceptors (Lipinski definition) is 2. The number of aliphatic hydroxyl groups is 2. The first kappa shape index (κ1) is 19.6. The molecule has 0 aliphatic heterocycles. The molecule has 0 spiro atoms. The Kier molecular flexibility index (Phi) is 6.94. The van der Waals surface area contributed by atoms with E-state index in [9.17, 15) is 10.2 Å². The summed E-state index contributed by atoms with van der Waals surface area (Å²) in [6.45, 7) is 0. The summed E-state index contributed by atoms with van der Waals surface area (Å²) in [5.41, 5.74) is -1.28. The molecule has 0 bridgehead atoms. The molecule has 0 amide bonds. The van der Waals surface area contributed by atoms with Gasteiger partial charge in [0.25, 0.3) is 0 Å². The topological polar surface area (TPSA) is 40.5 Å². The fraction of sp³-hybridized carbons (Fsp3) is 0.667. The molecule has 26 heavy (non-hydrogen) atoms. The van der Waals surface area contributed by atoms with E-state index in [0.717, 1.165) is 44.9 Å². The zero-order valence-electron chi connectivity index (χ0n) is 16.2. The maximum atomic E-state index is 11.3. The van der Waals surface area contributed by atoms with Crippen LogP contribution in [0.2, 0.25) is 0 Å². The van der Waals surface area contributed by atoms with Crippen molar-refractivity contribution in [1.29, 1.82) is 0 Å². The Bertz CT molecular complexity index is 553. The van der Waals surface area contributed by atoms with E-state index in [-0.39, 0.29) is 0 Å². The van der Waals surface area contributed by atoms with Crippen molar-refractivity contribution in [3.63, 3.8) is 0 Å². The second-order valence-corrected chi connectivity index (χ2v) is 8.68. The Morgan fingerprint density at radius 3 is 2.19 bits per heavy atom. The number of unbranched alkanes of at least 4 members (excludes halogenated alkanes) is 2. The predicted octanol–water partition coefficient (Wildman–Crippen LogP) is 5.63. The Morgan fingerprint density at radius 2 is 1.54 bits per heavy atom. The van der Waals surface area contributed by atoms with Crippen LogP contribution in [-0.2, 0) is 0 Å². The maximum absolute atomic E-state index is 11.3. The van der Waals surface area contributed by atoms with E-state index in [4.69, 9.17) is 0 Å². The molecule has 2 heteroatoms. The average molecular weight is 357 g/mol. The van der Waals surface area contributed by atoms with Crippen LogP contribution in [0.5, 0.6) is 0 Å². The summed E-state index contributed by atoms with van der Waals surface area (Å²) < 4.78 is 0. The maximum Gasteiger partial charge on any atom is 0.0895 e. The second-order valence-electron chi connectivity index (χ2n) is 8.68. The molecule has 3 atom stereocenters. The third-order valence-corrected chi connectivity index (χ3v) is 6.69. The fourth-order valence-corrected chi connectivity index (χ4v) is 5.14. The van der Waals surface area contributed by atoms with Gasteiger partial charge in [-0.25, -0.2) is 0 Å². The molecular formula is C24H36O2. The Labute approximate surface area is 159 Å². The van der Waals surface area contributed by atoms with Crippen molar-refractivity contribution >= 4 is 0 Å². The zero-order valence-corrected chi connectivity index (χ0v) is 16.2. The van der Waals surface area contributed by atoms with E-state index >= 15 is 0 Å². The molecule has 3 unspecified atom stereocenters. The quantitative estimate of drug-likeness (QED) is 0.554. The highest BCUT2D eigenvalue weighted by Crippen LogP contribution is 2.42. The average Bonchev–Trinajstić information content (AvgIpc) is 2.66. The summed E-state index contributed by atoms with van der Waals surface area (Å²) >= 11 is 0. The van der Waals surface area contributed by atoms with Gasteiger partial charge in [0.2, 0.25) is 0 Å². The second kappa shape index (κ2) is 9.19. The third-order valence-electron chi connectivity index (χ3n) is 6.69. The Morgan fingerprint density at radius 1 is 0.808 bits per heavy atom. The third kappa shape index (κ3) is 5.20. The largest absolute Gasteiger partial charge is 0.385 e. The van der Waals surface area contributed by atoms with Crippen LogP contribution in [0.3, 0.4) is 0 Å². The van der Waals surface area contributed by atoms with Gasteiger partial charge in [-0.1, -0.05) is 100.0 Å². The fourth-order valence-electron chi connectivity index (χ4n) is 5.14. The van der Waals surface area contributed by atoms with E-state index in [0.29, 0.717) is 11.8 Å². The lowest BCUT2D eigenvalue weighted by atomic mass is 9.68. The van der Waals surface area contributed by atoms with E-state index < -0.39 is 11.2 Å². The Balaban J connectivity index is 1.49. The summed E-state index contributed by atoms with van der Waals surface area (Å²) in [4.78, 5) is 0. The normalized spacial score (nSPS) is 32.8. The number of rotatable bonds is 8. The minimum atomic E-state index is -0.647. The molecule has 2 N–H and O–H groups in total. The van der Waals surface area contributed by atoms with Crippen LogP contribution in [0.4, 0.5) is 0 Å². The lowest BCUT2D eigenvalue weighted by Gasteiger charge is -2.41. The summed E-state index contributed by atoms with van der Waals surface area (Å²) in [6.07, 6.45) is 29.6. The van der Waals surface area contributed by atoms with Crippen molar-refractivity contribution < 1.29 is 10.2 Å². The van der Waals surface area contributed by atoms with Crippen LogP contribution in [0, 0.1) is 11.8 Å². The van der Waals surface area contributed by atoms with E-state index in [1.54, 1.807) is 0 Å². The van der Waals surface area contributed by atoms with Gasteiger partial charge < -0.3 is 10.2 Å². The summed E-state index contributed by atoms with van der Waals surface area (Å²) in [7, 11) is 0. The summed E-state index contributed by atoms with van der Waals surface area (Å²) in [5, 5.41) is 21.8. The molecule has 3 aliphatic rings. The van der Waals surface area contributed by atoms with Gasteiger partial charge in [-0.15, -0.1) is 0 Å². The van der Waals surface area contributed by atoms with Crippen molar-refractivity contribution in [3.05, 3.63) is 48.6 Å². The molecule has 144 valence electrons. The molecule has 0 radical (unpaired) electrons. The van der Waals surface area contributed by atoms with E-state index in [1.165, 1.54) is 32.1 Å². The lowest BCUT2D eigenvalue weighted by Crippen LogP contribution is -2.41. The van der Waals surface area contributed by atoms with Crippen molar-refractivity contribution in [2.24, 2.45) is 11.8 Å². The molecule has 0 heterocycles. The van der Waals surface area contributed by atoms with Crippen LogP contribution in [0.15, 0.2) is 48.6 Å². The van der Waals surface area contributed by atoms with Gasteiger partial charge in [0, 0.05) is 0 Å². The molecule has 2 nitrogen and oxygen atoms in total. The first-order valence-corrected chi connectivity index (χ1v) is 10.7. The highest BCUT2D eigenvalue weighted by Gasteiger charge is 2.39. The van der Waals surface area contributed by atoms with Crippen molar-refractivity contribution in [3.8, 4) is 0 Å².